The molecule has 0 aromatic carbocycles. The van der Waals surface area contributed by atoms with Gasteiger partial charge in [-0.2, -0.15) is 0 Å². The van der Waals surface area contributed by atoms with Crippen LogP contribution in [0.4, 0.5) is 4.79 Å². The van der Waals surface area contributed by atoms with Crippen LogP contribution in [0.5, 0.6) is 0 Å². The molecule has 0 spiro atoms. The van der Waals surface area contributed by atoms with Gasteiger partial charge in [0.2, 0.25) is 5.91 Å². The Morgan fingerprint density at radius 3 is 2.67 bits per heavy atom. The van der Waals surface area contributed by atoms with Crippen LogP contribution in [0.25, 0.3) is 0 Å². The van der Waals surface area contributed by atoms with Crippen molar-refractivity contribution in [3.8, 4) is 0 Å². The fourth-order valence-corrected chi connectivity index (χ4v) is 1.78. The standard InChI is InChI=1S/C13H23N3O5/c1-9(2)7-15-11(17)3-4-14-13(20)16-5-6-21-10(8-16)12(18)19/h9-10H,3-8H2,1-2H3,(H,14,20)(H,15,17)(H,18,19). The van der Waals surface area contributed by atoms with Gasteiger partial charge in [0.1, 0.15) is 0 Å². The van der Waals surface area contributed by atoms with E-state index in [4.69, 9.17) is 9.84 Å². The molecule has 1 heterocycles. The van der Waals surface area contributed by atoms with Gasteiger partial charge in [0, 0.05) is 26.1 Å². The Balaban J connectivity index is 2.24. The quantitative estimate of drug-likeness (QED) is 0.621. The molecular formula is C13H23N3O5. The normalized spacial score (nSPS) is 18.4. The summed E-state index contributed by atoms with van der Waals surface area (Å²) < 4.78 is 5.03. The second-order valence-corrected chi connectivity index (χ2v) is 5.32. The number of carbonyl (C=O) groups is 3. The molecule has 1 fully saturated rings. The molecule has 0 aromatic rings. The molecule has 1 rings (SSSR count). The minimum absolute atomic E-state index is 0.0146. The first-order valence-corrected chi connectivity index (χ1v) is 7.04. The maximum absolute atomic E-state index is 11.8. The molecule has 8 heteroatoms. The number of carboxylic acid groups (broad SMARTS) is 1. The van der Waals surface area contributed by atoms with Crippen molar-refractivity contribution in [2.75, 3.05) is 32.8 Å². The van der Waals surface area contributed by atoms with Gasteiger partial charge in [0.15, 0.2) is 6.10 Å². The van der Waals surface area contributed by atoms with Crippen LogP contribution in [0.3, 0.4) is 0 Å². The van der Waals surface area contributed by atoms with Gasteiger partial charge >= 0.3 is 12.0 Å². The van der Waals surface area contributed by atoms with Crippen molar-refractivity contribution in [1.82, 2.24) is 15.5 Å². The molecule has 0 bridgehead atoms. The van der Waals surface area contributed by atoms with Gasteiger partial charge < -0.3 is 25.4 Å². The number of carboxylic acids is 1. The average Bonchev–Trinajstić information content (AvgIpc) is 2.45. The van der Waals surface area contributed by atoms with Crippen LogP contribution in [0, 0.1) is 5.92 Å². The number of rotatable bonds is 6. The topological polar surface area (TPSA) is 108 Å². The number of ether oxygens (including phenoxy) is 1. The van der Waals surface area contributed by atoms with E-state index in [-0.39, 0.29) is 38.1 Å². The molecule has 8 nitrogen and oxygen atoms in total. The Morgan fingerprint density at radius 1 is 1.33 bits per heavy atom. The van der Waals surface area contributed by atoms with E-state index in [0.717, 1.165) is 0 Å². The lowest BCUT2D eigenvalue weighted by Gasteiger charge is -2.30. The Kier molecular flexibility index (Phi) is 6.93. The third kappa shape index (κ3) is 6.44. The summed E-state index contributed by atoms with van der Waals surface area (Å²) >= 11 is 0. The maximum atomic E-state index is 11.8. The molecule has 3 N–H and O–H groups in total. The van der Waals surface area contributed by atoms with Crippen LogP contribution in [0.2, 0.25) is 0 Å². The third-order valence-electron chi connectivity index (χ3n) is 2.96. The van der Waals surface area contributed by atoms with Crippen molar-refractivity contribution in [2.24, 2.45) is 5.92 Å². The van der Waals surface area contributed by atoms with E-state index in [2.05, 4.69) is 10.6 Å². The maximum Gasteiger partial charge on any atom is 0.334 e. The lowest BCUT2D eigenvalue weighted by Crippen LogP contribution is -2.52. The zero-order chi connectivity index (χ0) is 15.8. The number of carbonyl (C=O) groups excluding carboxylic acids is 2. The lowest BCUT2D eigenvalue weighted by atomic mass is 10.2. The summed E-state index contributed by atoms with van der Waals surface area (Å²) in [4.78, 5) is 35.5. The van der Waals surface area contributed by atoms with E-state index in [0.29, 0.717) is 19.0 Å². The van der Waals surface area contributed by atoms with E-state index in [1.807, 2.05) is 13.8 Å². The van der Waals surface area contributed by atoms with Gasteiger partial charge in [-0.15, -0.1) is 0 Å². The predicted molar refractivity (Wildman–Crippen MR) is 74.8 cm³/mol. The van der Waals surface area contributed by atoms with E-state index in [9.17, 15) is 14.4 Å². The molecule has 0 radical (unpaired) electrons. The number of hydrogen-bond donors (Lipinski definition) is 3. The van der Waals surface area contributed by atoms with E-state index >= 15 is 0 Å². The Labute approximate surface area is 123 Å². The number of urea groups is 1. The van der Waals surface area contributed by atoms with Crippen LogP contribution in [0.1, 0.15) is 20.3 Å². The summed E-state index contributed by atoms with van der Waals surface area (Å²) in [7, 11) is 0. The molecule has 21 heavy (non-hydrogen) atoms. The van der Waals surface area contributed by atoms with Gasteiger partial charge in [0.25, 0.3) is 0 Å². The van der Waals surface area contributed by atoms with E-state index in [1.54, 1.807) is 0 Å². The van der Waals surface area contributed by atoms with Crippen LogP contribution < -0.4 is 10.6 Å². The van der Waals surface area contributed by atoms with Crippen molar-refractivity contribution < 1.29 is 24.2 Å². The fraction of sp³-hybridized carbons (Fsp3) is 0.769. The fourth-order valence-electron chi connectivity index (χ4n) is 1.78. The zero-order valence-electron chi connectivity index (χ0n) is 12.4. The average molecular weight is 301 g/mol. The molecule has 1 atom stereocenters. The number of aliphatic carboxylic acids is 1. The van der Waals surface area contributed by atoms with Crippen LogP contribution in [-0.2, 0) is 14.3 Å². The summed E-state index contributed by atoms with van der Waals surface area (Å²) in [5, 5.41) is 14.2. The van der Waals surface area contributed by atoms with Crippen molar-refractivity contribution >= 4 is 17.9 Å². The third-order valence-corrected chi connectivity index (χ3v) is 2.96. The minimum Gasteiger partial charge on any atom is -0.479 e. The highest BCUT2D eigenvalue weighted by molar-refractivity contribution is 5.79. The van der Waals surface area contributed by atoms with Crippen LogP contribution in [-0.4, -0.2) is 66.8 Å². The molecule has 0 aromatic heterocycles. The molecule has 1 saturated heterocycles. The van der Waals surface area contributed by atoms with Gasteiger partial charge in [-0.25, -0.2) is 9.59 Å². The number of nitrogens with one attached hydrogen (secondary N) is 2. The lowest BCUT2D eigenvalue weighted by molar-refractivity contribution is -0.154. The molecule has 1 aliphatic rings. The summed E-state index contributed by atoms with van der Waals surface area (Å²) in [5.74, 6) is -0.820. The molecule has 0 aliphatic carbocycles. The second-order valence-electron chi connectivity index (χ2n) is 5.32. The highest BCUT2D eigenvalue weighted by Gasteiger charge is 2.28. The minimum atomic E-state index is -1.08. The van der Waals surface area contributed by atoms with E-state index < -0.39 is 12.1 Å². The highest BCUT2D eigenvalue weighted by atomic mass is 16.5. The monoisotopic (exact) mass is 301 g/mol. The largest absolute Gasteiger partial charge is 0.479 e. The van der Waals surface area contributed by atoms with Crippen LogP contribution in [0.15, 0.2) is 0 Å². The van der Waals surface area contributed by atoms with Gasteiger partial charge in [0.05, 0.1) is 13.2 Å². The van der Waals surface area contributed by atoms with E-state index in [1.165, 1.54) is 4.90 Å². The molecule has 0 saturated carbocycles. The smallest absolute Gasteiger partial charge is 0.334 e. The van der Waals surface area contributed by atoms with Crippen molar-refractivity contribution in [3.05, 3.63) is 0 Å². The molecular weight excluding hydrogens is 278 g/mol. The van der Waals surface area contributed by atoms with Crippen LogP contribution >= 0.6 is 0 Å². The second kappa shape index (κ2) is 8.46. The SMILES string of the molecule is CC(C)CNC(=O)CCNC(=O)N1CCOC(C(=O)O)C1. The van der Waals surface area contributed by atoms with Gasteiger partial charge in [-0.1, -0.05) is 13.8 Å². The first kappa shape index (κ1) is 17.2. The molecule has 1 aliphatic heterocycles. The molecule has 1 unspecified atom stereocenters. The summed E-state index contributed by atoms with van der Waals surface area (Å²) in [5.41, 5.74) is 0. The van der Waals surface area contributed by atoms with Crippen molar-refractivity contribution in [2.45, 2.75) is 26.4 Å². The number of nitrogens with zero attached hydrogens (tertiary/aromatic N) is 1. The summed E-state index contributed by atoms with van der Waals surface area (Å²) in [6, 6.07) is -0.374. The number of amides is 3. The van der Waals surface area contributed by atoms with Crippen molar-refractivity contribution in [1.29, 1.82) is 0 Å². The molecule has 120 valence electrons. The first-order valence-electron chi connectivity index (χ1n) is 7.04. The summed E-state index contributed by atoms with van der Waals surface area (Å²) in [6.07, 6.45) is -0.788. The first-order chi connectivity index (χ1) is 9.90. The summed E-state index contributed by atoms with van der Waals surface area (Å²) in [6.45, 7) is 5.38. The number of hydrogen-bond acceptors (Lipinski definition) is 4. The Hall–Kier alpha value is -1.83. The Morgan fingerprint density at radius 2 is 2.05 bits per heavy atom. The van der Waals surface area contributed by atoms with Gasteiger partial charge in [-0.05, 0) is 5.92 Å². The predicted octanol–water partition coefficient (Wildman–Crippen LogP) is -0.356. The molecule has 3 amide bonds. The van der Waals surface area contributed by atoms with Gasteiger partial charge in [-0.3, -0.25) is 4.79 Å². The Bertz CT molecular complexity index is 386. The highest BCUT2D eigenvalue weighted by Crippen LogP contribution is 2.05. The van der Waals surface area contributed by atoms with Crippen molar-refractivity contribution in [3.63, 3.8) is 0 Å². The zero-order valence-corrected chi connectivity index (χ0v) is 12.4. The number of morpholine rings is 1.